The van der Waals surface area contributed by atoms with Gasteiger partial charge in [-0.15, -0.1) is 11.3 Å². The van der Waals surface area contributed by atoms with Crippen LogP contribution in [0.15, 0.2) is 182 Å². The molecule has 0 bridgehead atoms. The van der Waals surface area contributed by atoms with Gasteiger partial charge >= 0.3 is 0 Å². The van der Waals surface area contributed by atoms with E-state index in [1.807, 2.05) is 23.5 Å². The minimum absolute atomic E-state index is 0.695. The molecular formula is C46H30N2S. The monoisotopic (exact) mass is 642 g/mol. The van der Waals surface area contributed by atoms with E-state index in [0.29, 0.717) is 5.82 Å². The van der Waals surface area contributed by atoms with Gasteiger partial charge < -0.3 is 0 Å². The molecule has 0 atom stereocenters. The van der Waals surface area contributed by atoms with Gasteiger partial charge in [0.2, 0.25) is 0 Å². The van der Waals surface area contributed by atoms with E-state index in [0.717, 1.165) is 61.5 Å². The van der Waals surface area contributed by atoms with Crippen molar-refractivity contribution < 1.29 is 0 Å². The van der Waals surface area contributed by atoms with Crippen molar-refractivity contribution in [2.24, 2.45) is 0 Å². The summed E-state index contributed by atoms with van der Waals surface area (Å²) in [7, 11) is 0. The van der Waals surface area contributed by atoms with Gasteiger partial charge in [-0.3, -0.25) is 0 Å². The highest BCUT2D eigenvalue weighted by molar-refractivity contribution is 7.25. The fourth-order valence-electron chi connectivity index (χ4n) is 6.73. The van der Waals surface area contributed by atoms with E-state index < -0.39 is 0 Å². The summed E-state index contributed by atoms with van der Waals surface area (Å²) < 4.78 is 2.59. The molecule has 0 spiro atoms. The fourth-order valence-corrected chi connectivity index (χ4v) is 7.82. The zero-order valence-electron chi connectivity index (χ0n) is 26.6. The zero-order chi connectivity index (χ0) is 32.6. The second kappa shape index (κ2) is 12.5. The first kappa shape index (κ1) is 29.0. The number of aromatic nitrogens is 2. The third-order valence-corrected chi connectivity index (χ3v) is 10.3. The first-order valence-corrected chi connectivity index (χ1v) is 17.3. The number of fused-ring (bicyclic) bond motifs is 3. The maximum atomic E-state index is 5.33. The number of nitrogens with zero attached hydrogens (tertiary/aromatic N) is 2. The molecule has 0 unspecified atom stereocenters. The molecule has 0 N–H and O–H groups in total. The highest BCUT2D eigenvalue weighted by Crippen LogP contribution is 2.45. The predicted octanol–water partition coefficient (Wildman–Crippen LogP) is 12.8. The van der Waals surface area contributed by atoms with Gasteiger partial charge in [-0.05, 0) is 64.2 Å². The molecule has 0 aliphatic heterocycles. The van der Waals surface area contributed by atoms with Gasteiger partial charge in [0.15, 0.2) is 5.82 Å². The summed E-state index contributed by atoms with van der Waals surface area (Å²) in [6.07, 6.45) is 0. The molecule has 0 saturated heterocycles. The summed E-state index contributed by atoms with van der Waals surface area (Å²) in [5.41, 5.74) is 11.7. The van der Waals surface area contributed by atoms with Gasteiger partial charge in [-0.1, -0.05) is 146 Å². The number of thiophene rings is 1. The Hall–Kier alpha value is -6.16. The lowest BCUT2D eigenvalue weighted by Crippen LogP contribution is -1.99. The minimum atomic E-state index is 0.695. The first-order chi connectivity index (χ1) is 24.3. The molecule has 0 fully saturated rings. The minimum Gasteiger partial charge on any atom is -0.228 e. The van der Waals surface area contributed by atoms with Gasteiger partial charge in [-0.2, -0.15) is 0 Å². The number of hydrogen-bond acceptors (Lipinski definition) is 3. The summed E-state index contributed by atoms with van der Waals surface area (Å²) in [5.74, 6) is 0.695. The van der Waals surface area contributed by atoms with E-state index in [1.54, 1.807) is 0 Å². The SMILES string of the molecule is c1ccc(-c2cc(-c3ccc4sc5ccccc5c4c3)c(-c3ccccc3)c(-c3nc(-c4ccccc4)cc(-c4ccccc4)n3)c2)cc1. The van der Waals surface area contributed by atoms with E-state index in [4.69, 9.17) is 9.97 Å². The molecule has 2 heterocycles. The largest absolute Gasteiger partial charge is 0.228 e. The van der Waals surface area contributed by atoms with Crippen LogP contribution in [0.3, 0.4) is 0 Å². The molecule has 0 saturated carbocycles. The van der Waals surface area contributed by atoms with Gasteiger partial charge in [0.25, 0.3) is 0 Å². The molecule has 0 amide bonds. The quantitative estimate of drug-likeness (QED) is 0.180. The van der Waals surface area contributed by atoms with Crippen LogP contribution in [0.1, 0.15) is 0 Å². The van der Waals surface area contributed by atoms with E-state index in [1.165, 1.54) is 20.2 Å². The standard InChI is InChI=1S/C46H30N2S/c1-5-15-31(16-6-1)36-28-38(35-25-26-44-39(27-35)37-23-13-14-24-43(37)49-44)45(34-21-11-4-12-22-34)40(29-36)46-47-41(32-17-7-2-8-18-32)30-42(48-46)33-19-9-3-10-20-33/h1-30H. The van der Waals surface area contributed by atoms with Crippen molar-refractivity contribution in [2.45, 2.75) is 0 Å². The van der Waals surface area contributed by atoms with Crippen molar-refractivity contribution in [3.8, 4) is 67.3 Å². The van der Waals surface area contributed by atoms with Crippen LogP contribution in [0.25, 0.3) is 87.5 Å². The molecule has 0 radical (unpaired) electrons. The average Bonchev–Trinajstić information content (AvgIpc) is 3.56. The topological polar surface area (TPSA) is 25.8 Å². The second-order valence-electron chi connectivity index (χ2n) is 12.2. The Bertz CT molecular complexity index is 2520. The molecule has 9 aromatic rings. The van der Waals surface area contributed by atoms with E-state index in [2.05, 4.69) is 170 Å². The Kier molecular flexibility index (Phi) is 7.38. The van der Waals surface area contributed by atoms with E-state index in [9.17, 15) is 0 Å². The second-order valence-corrected chi connectivity index (χ2v) is 13.3. The highest BCUT2D eigenvalue weighted by Gasteiger charge is 2.21. The normalized spacial score (nSPS) is 11.3. The molecule has 49 heavy (non-hydrogen) atoms. The Morgan fingerprint density at radius 2 is 0.837 bits per heavy atom. The summed E-state index contributed by atoms with van der Waals surface area (Å²) in [5, 5.41) is 2.56. The molecule has 2 nitrogen and oxygen atoms in total. The maximum Gasteiger partial charge on any atom is 0.161 e. The van der Waals surface area contributed by atoms with Crippen LogP contribution in [-0.2, 0) is 0 Å². The van der Waals surface area contributed by atoms with E-state index in [-0.39, 0.29) is 0 Å². The van der Waals surface area contributed by atoms with Crippen LogP contribution in [0.5, 0.6) is 0 Å². The third kappa shape index (κ3) is 5.50. The Labute approximate surface area is 289 Å². The first-order valence-electron chi connectivity index (χ1n) is 16.5. The molecule has 230 valence electrons. The van der Waals surface area contributed by atoms with Crippen LogP contribution in [0, 0.1) is 0 Å². The van der Waals surface area contributed by atoms with Crippen LogP contribution in [0.2, 0.25) is 0 Å². The molecule has 3 heteroatoms. The van der Waals surface area contributed by atoms with Crippen LogP contribution >= 0.6 is 11.3 Å². The average molecular weight is 643 g/mol. The summed E-state index contributed by atoms with van der Waals surface area (Å²) in [6, 6.07) is 64.5. The number of hydrogen-bond donors (Lipinski definition) is 0. The predicted molar refractivity (Wildman–Crippen MR) is 208 cm³/mol. The lowest BCUT2D eigenvalue weighted by Gasteiger charge is -2.19. The van der Waals surface area contributed by atoms with Gasteiger partial charge in [-0.25, -0.2) is 9.97 Å². The molecular weight excluding hydrogens is 613 g/mol. The lowest BCUT2D eigenvalue weighted by atomic mass is 9.86. The van der Waals surface area contributed by atoms with Crippen molar-refractivity contribution in [3.05, 3.63) is 182 Å². The fraction of sp³-hybridized carbons (Fsp3) is 0. The van der Waals surface area contributed by atoms with E-state index >= 15 is 0 Å². The highest BCUT2D eigenvalue weighted by atomic mass is 32.1. The number of rotatable bonds is 6. The Balaban J connectivity index is 1.38. The lowest BCUT2D eigenvalue weighted by molar-refractivity contribution is 1.18. The number of benzene rings is 7. The van der Waals surface area contributed by atoms with Crippen molar-refractivity contribution in [1.29, 1.82) is 0 Å². The van der Waals surface area contributed by atoms with Gasteiger partial charge in [0.1, 0.15) is 0 Å². The van der Waals surface area contributed by atoms with Gasteiger partial charge in [0.05, 0.1) is 11.4 Å². The van der Waals surface area contributed by atoms with Crippen LogP contribution in [0.4, 0.5) is 0 Å². The van der Waals surface area contributed by atoms with Crippen molar-refractivity contribution in [1.82, 2.24) is 9.97 Å². The summed E-state index contributed by atoms with van der Waals surface area (Å²) in [4.78, 5) is 10.7. The maximum absolute atomic E-state index is 5.33. The van der Waals surface area contributed by atoms with Crippen molar-refractivity contribution in [2.75, 3.05) is 0 Å². The zero-order valence-corrected chi connectivity index (χ0v) is 27.4. The van der Waals surface area contributed by atoms with Crippen molar-refractivity contribution in [3.63, 3.8) is 0 Å². The molecule has 7 aromatic carbocycles. The molecule has 0 aliphatic carbocycles. The van der Waals surface area contributed by atoms with Crippen LogP contribution < -0.4 is 0 Å². The molecule has 9 rings (SSSR count). The van der Waals surface area contributed by atoms with Crippen molar-refractivity contribution >= 4 is 31.5 Å². The Morgan fingerprint density at radius 3 is 1.47 bits per heavy atom. The molecule has 2 aromatic heterocycles. The van der Waals surface area contributed by atoms with Gasteiger partial charge in [0, 0.05) is 42.4 Å². The third-order valence-electron chi connectivity index (χ3n) is 9.10. The summed E-state index contributed by atoms with van der Waals surface area (Å²) >= 11 is 1.85. The molecule has 0 aliphatic rings. The van der Waals surface area contributed by atoms with Crippen LogP contribution in [-0.4, -0.2) is 9.97 Å². The smallest absolute Gasteiger partial charge is 0.161 e. The summed E-state index contributed by atoms with van der Waals surface area (Å²) in [6.45, 7) is 0. The Morgan fingerprint density at radius 1 is 0.327 bits per heavy atom.